The van der Waals surface area contributed by atoms with Gasteiger partial charge in [0.25, 0.3) is 0 Å². The number of rotatable bonds is 1. The molecule has 90 valence electrons. The van der Waals surface area contributed by atoms with E-state index in [0.717, 1.165) is 34.3 Å². The van der Waals surface area contributed by atoms with E-state index in [-0.39, 0.29) is 0 Å². The second-order valence-corrected chi connectivity index (χ2v) is 5.59. The highest BCUT2D eigenvalue weighted by Gasteiger charge is 2.25. The second kappa shape index (κ2) is 4.15. The van der Waals surface area contributed by atoms with Crippen molar-refractivity contribution < 1.29 is 0 Å². The van der Waals surface area contributed by atoms with Gasteiger partial charge in [0.05, 0.1) is 5.69 Å². The molecule has 3 heterocycles. The molecule has 3 rings (SSSR count). The SMILES string of the molecule is Cc1nsc(-c2nc(Br)c3n2CCNC3C)n1. The van der Waals surface area contributed by atoms with Crippen molar-refractivity contribution in [3.05, 3.63) is 16.1 Å². The Bertz CT molecular complexity index is 561. The van der Waals surface area contributed by atoms with Gasteiger partial charge in [-0.2, -0.15) is 4.37 Å². The summed E-state index contributed by atoms with van der Waals surface area (Å²) < 4.78 is 7.35. The Labute approximate surface area is 112 Å². The number of imidazole rings is 1. The van der Waals surface area contributed by atoms with Gasteiger partial charge in [-0.25, -0.2) is 9.97 Å². The molecule has 0 fully saturated rings. The van der Waals surface area contributed by atoms with Gasteiger partial charge >= 0.3 is 0 Å². The molecular formula is C10H12BrN5S. The monoisotopic (exact) mass is 313 g/mol. The fraction of sp³-hybridized carbons (Fsp3) is 0.500. The number of nitrogens with zero attached hydrogens (tertiary/aromatic N) is 4. The molecule has 17 heavy (non-hydrogen) atoms. The summed E-state index contributed by atoms with van der Waals surface area (Å²) in [5.74, 6) is 1.73. The van der Waals surface area contributed by atoms with E-state index in [2.05, 4.69) is 47.1 Å². The number of halogens is 1. The zero-order valence-corrected chi connectivity index (χ0v) is 12.0. The topological polar surface area (TPSA) is 55.6 Å². The Morgan fingerprint density at radius 3 is 3.00 bits per heavy atom. The maximum absolute atomic E-state index is 4.57. The van der Waals surface area contributed by atoms with E-state index in [0.29, 0.717) is 6.04 Å². The van der Waals surface area contributed by atoms with Crippen LogP contribution < -0.4 is 5.32 Å². The molecule has 1 atom stereocenters. The van der Waals surface area contributed by atoms with E-state index in [4.69, 9.17) is 0 Å². The number of hydrogen-bond donors (Lipinski definition) is 1. The summed E-state index contributed by atoms with van der Waals surface area (Å²) in [6, 6.07) is 0.313. The van der Waals surface area contributed by atoms with Crippen LogP contribution in [0, 0.1) is 6.92 Å². The molecule has 7 heteroatoms. The van der Waals surface area contributed by atoms with Gasteiger partial charge in [0.1, 0.15) is 10.4 Å². The molecule has 5 nitrogen and oxygen atoms in total. The lowest BCUT2D eigenvalue weighted by molar-refractivity contribution is 0.449. The predicted octanol–water partition coefficient (Wildman–Crippen LogP) is 2.14. The molecule has 1 aliphatic heterocycles. The number of hydrogen-bond acceptors (Lipinski definition) is 5. The van der Waals surface area contributed by atoms with Crippen LogP contribution in [0.2, 0.25) is 0 Å². The van der Waals surface area contributed by atoms with E-state index in [1.807, 2.05) is 6.92 Å². The van der Waals surface area contributed by atoms with Crippen LogP contribution in [0.5, 0.6) is 0 Å². The van der Waals surface area contributed by atoms with Crippen molar-refractivity contribution in [2.45, 2.75) is 26.4 Å². The highest BCUT2D eigenvalue weighted by atomic mass is 79.9. The maximum Gasteiger partial charge on any atom is 0.179 e. The maximum atomic E-state index is 4.57. The fourth-order valence-corrected chi connectivity index (χ4v) is 3.51. The molecule has 0 saturated carbocycles. The largest absolute Gasteiger partial charge is 0.322 e. The Hall–Kier alpha value is -0.790. The first kappa shape index (κ1) is 11.3. The van der Waals surface area contributed by atoms with Crippen LogP contribution in [0.15, 0.2) is 4.60 Å². The van der Waals surface area contributed by atoms with Crippen molar-refractivity contribution in [2.75, 3.05) is 6.54 Å². The normalized spacial score (nSPS) is 19.4. The third-order valence-corrected chi connectivity index (χ3v) is 4.26. The van der Waals surface area contributed by atoms with Crippen LogP contribution in [0.25, 0.3) is 10.8 Å². The van der Waals surface area contributed by atoms with Crippen molar-refractivity contribution >= 4 is 27.5 Å². The zero-order valence-electron chi connectivity index (χ0n) is 9.57. The van der Waals surface area contributed by atoms with Gasteiger partial charge < -0.3 is 9.88 Å². The molecule has 1 N–H and O–H groups in total. The van der Waals surface area contributed by atoms with Crippen molar-refractivity contribution in [1.29, 1.82) is 0 Å². The van der Waals surface area contributed by atoms with Gasteiger partial charge in [-0.15, -0.1) is 0 Å². The van der Waals surface area contributed by atoms with Crippen LogP contribution >= 0.6 is 27.5 Å². The van der Waals surface area contributed by atoms with E-state index < -0.39 is 0 Å². The molecule has 0 radical (unpaired) electrons. The standard InChI is InChI=1S/C10H12BrN5S/c1-5-7-8(11)14-9(16(7)4-3-12-5)10-13-6(2)15-17-10/h5,12H,3-4H2,1-2H3. The fourth-order valence-electron chi connectivity index (χ4n) is 2.12. The summed E-state index contributed by atoms with van der Waals surface area (Å²) in [7, 11) is 0. The van der Waals surface area contributed by atoms with Gasteiger partial charge in [0.15, 0.2) is 10.8 Å². The van der Waals surface area contributed by atoms with E-state index in [1.54, 1.807) is 0 Å². The molecule has 0 spiro atoms. The van der Waals surface area contributed by atoms with Gasteiger partial charge in [-0.05, 0) is 41.3 Å². The molecule has 0 saturated heterocycles. The van der Waals surface area contributed by atoms with Crippen LogP contribution in [0.4, 0.5) is 0 Å². The van der Waals surface area contributed by atoms with Gasteiger partial charge in [0, 0.05) is 19.1 Å². The summed E-state index contributed by atoms with van der Waals surface area (Å²) in [6.45, 7) is 5.93. The highest BCUT2D eigenvalue weighted by Crippen LogP contribution is 2.32. The zero-order chi connectivity index (χ0) is 12.0. The van der Waals surface area contributed by atoms with Gasteiger partial charge in [-0.1, -0.05) is 0 Å². The van der Waals surface area contributed by atoms with Crippen LogP contribution in [-0.4, -0.2) is 25.5 Å². The van der Waals surface area contributed by atoms with Crippen molar-refractivity contribution in [3.8, 4) is 10.8 Å². The number of aromatic nitrogens is 4. The molecule has 0 aromatic carbocycles. The molecule has 1 aliphatic rings. The average molecular weight is 314 g/mol. The Balaban J connectivity index is 2.16. The minimum absolute atomic E-state index is 0.313. The minimum atomic E-state index is 0.313. The van der Waals surface area contributed by atoms with Crippen molar-refractivity contribution in [3.63, 3.8) is 0 Å². The highest BCUT2D eigenvalue weighted by molar-refractivity contribution is 9.10. The summed E-state index contributed by atoms with van der Waals surface area (Å²) in [4.78, 5) is 8.98. The van der Waals surface area contributed by atoms with Crippen molar-refractivity contribution in [1.82, 2.24) is 24.2 Å². The van der Waals surface area contributed by atoms with Gasteiger partial charge in [-0.3, -0.25) is 0 Å². The average Bonchev–Trinajstić information content (AvgIpc) is 2.84. The lowest BCUT2D eigenvalue weighted by atomic mass is 10.2. The molecule has 2 aromatic rings. The smallest absolute Gasteiger partial charge is 0.179 e. The van der Waals surface area contributed by atoms with Crippen LogP contribution in [0.1, 0.15) is 24.5 Å². The Morgan fingerprint density at radius 1 is 1.47 bits per heavy atom. The molecule has 0 bridgehead atoms. The first-order chi connectivity index (χ1) is 8.16. The van der Waals surface area contributed by atoms with E-state index in [9.17, 15) is 0 Å². The van der Waals surface area contributed by atoms with Crippen LogP contribution in [0.3, 0.4) is 0 Å². The van der Waals surface area contributed by atoms with Crippen LogP contribution in [-0.2, 0) is 6.54 Å². The lowest BCUT2D eigenvalue weighted by Crippen LogP contribution is -2.31. The Kier molecular flexibility index (Phi) is 2.76. The van der Waals surface area contributed by atoms with Gasteiger partial charge in [0.2, 0.25) is 0 Å². The van der Waals surface area contributed by atoms with E-state index >= 15 is 0 Å². The lowest BCUT2D eigenvalue weighted by Gasteiger charge is -2.23. The third-order valence-electron chi connectivity index (χ3n) is 2.88. The molecular weight excluding hydrogens is 302 g/mol. The molecule has 1 unspecified atom stereocenters. The quantitative estimate of drug-likeness (QED) is 0.876. The molecule has 0 amide bonds. The second-order valence-electron chi connectivity index (χ2n) is 4.09. The third kappa shape index (κ3) is 1.82. The number of nitrogens with one attached hydrogen (secondary N) is 1. The summed E-state index contributed by atoms with van der Waals surface area (Å²) in [5.41, 5.74) is 1.19. The number of aryl methyl sites for hydroxylation is 1. The summed E-state index contributed by atoms with van der Waals surface area (Å²) in [6.07, 6.45) is 0. The Morgan fingerprint density at radius 2 is 2.29 bits per heavy atom. The molecule has 2 aromatic heterocycles. The summed E-state index contributed by atoms with van der Waals surface area (Å²) >= 11 is 4.94. The molecule has 0 aliphatic carbocycles. The predicted molar refractivity (Wildman–Crippen MR) is 70.0 cm³/mol. The first-order valence-electron chi connectivity index (χ1n) is 5.47. The van der Waals surface area contributed by atoms with E-state index in [1.165, 1.54) is 17.2 Å². The number of fused-ring (bicyclic) bond motifs is 1. The summed E-state index contributed by atoms with van der Waals surface area (Å²) in [5, 5.41) is 4.32. The minimum Gasteiger partial charge on any atom is -0.322 e. The van der Waals surface area contributed by atoms with Crippen molar-refractivity contribution in [2.24, 2.45) is 0 Å². The first-order valence-corrected chi connectivity index (χ1v) is 7.03.